The fourth-order valence-corrected chi connectivity index (χ4v) is 3.42. The van der Waals surface area contributed by atoms with Crippen molar-refractivity contribution in [2.75, 3.05) is 20.2 Å². The van der Waals surface area contributed by atoms with Crippen LogP contribution in [-0.2, 0) is 9.63 Å². The summed E-state index contributed by atoms with van der Waals surface area (Å²) in [6, 6.07) is 3.17. The van der Waals surface area contributed by atoms with Crippen LogP contribution in [0.2, 0.25) is 0 Å². The topological polar surface area (TPSA) is 61.8 Å². The zero-order valence-electron chi connectivity index (χ0n) is 13.6. The van der Waals surface area contributed by atoms with Crippen LogP contribution < -0.4 is 10.8 Å². The molecule has 0 unspecified atom stereocenters. The van der Waals surface area contributed by atoms with Crippen LogP contribution >= 0.6 is 0 Å². The fraction of sp³-hybridized carbons (Fsp3) is 0.438. The first-order valence-electron chi connectivity index (χ1n) is 7.70. The van der Waals surface area contributed by atoms with Gasteiger partial charge in [0.15, 0.2) is 0 Å². The molecule has 1 fully saturated rings. The molecule has 2 aliphatic rings. The second kappa shape index (κ2) is 5.65. The van der Waals surface area contributed by atoms with Gasteiger partial charge in [-0.3, -0.25) is 4.79 Å². The summed E-state index contributed by atoms with van der Waals surface area (Å²) in [4.78, 5) is 17.7. The molecule has 2 heterocycles. The summed E-state index contributed by atoms with van der Waals surface area (Å²) in [7, 11) is 3.37. The van der Waals surface area contributed by atoms with Gasteiger partial charge in [0, 0.05) is 13.1 Å². The predicted octanol–water partition coefficient (Wildman–Crippen LogP) is 0.187. The zero-order valence-corrected chi connectivity index (χ0v) is 13.6. The number of amides is 1. The Balaban J connectivity index is 2.04. The van der Waals surface area contributed by atoms with Gasteiger partial charge in [-0.1, -0.05) is 11.5 Å². The van der Waals surface area contributed by atoms with Gasteiger partial charge in [-0.25, -0.2) is 4.39 Å². The van der Waals surface area contributed by atoms with E-state index in [4.69, 9.17) is 4.84 Å². The number of aliphatic hydroxyl groups is 1. The molecule has 122 valence electrons. The molecule has 0 aliphatic carbocycles. The normalized spacial score (nSPS) is 21.1. The van der Waals surface area contributed by atoms with Crippen LogP contribution in [0.5, 0.6) is 0 Å². The standard InChI is InChI=1S/C16H20BFN2O3/c1-9-11(7-10(17)8-12(9)18)13-14(21)16(19-15(13)22)3-5-20(23-2)6-4-16/h7-8,21H,3-6,17H2,1-2H3,(H,19,22). The lowest BCUT2D eigenvalue weighted by Crippen LogP contribution is -2.52. The number of nitrogens with one attached hydrogen (secondary N) is 1. The van der Waals surface area contributed by atoms with Gasteiger partial charge in [0.1, 0.15) is 25.0 Å². The van der Waals surface area contributed by atoms with Crippen molar-refractivity contribution in [3.05, 3.63) is 34.8 Å². The van der Waals surface area contributed by atoms with E-state index in [9.17, 15) is 14.3 Å². The lowest BCUT2D eigenvalue weighted by atomic mass is 9.84. The van der Waals surface area contributed by atoms with Crippen molar-refractivity contribution in [1.29, 1.82) is 0 Å². The number of carbonyl (C=O) groups excluding carboxylic acids is 1. The van der Waals surface area contributed by atoms with E-state index < -0.39 is 5.54 Å². The van der Waals surface area contributed by atoms with E-state index >= 15 is 0 Å². The molecule has 1 aromatic rings. The van der Waals surface area contributed by atoms with Gasteiger partial charge in [-0.2, -0.15) is 5.06 Å². The second-order valence-corrected chi connectivity index (χ2v) is 6.29. The molecule has 1 saturated heterocycles. The van der Waals surface area contributed by atoms with Crippen LogP contribution in [0.3, 0.4) is 0 Å². The number of piperidine rings is 1. The Bertz CT molecular complexity index is 697. The smallest absolute Gasteiger partial charge is 0.256 e. The van der Waals surface area contributed by atoms with Crippen molar-refractivity contribution in [2.45, 2.75) is 25.3 Å². The number of benzene rings is 1. The number of aliphatic hydroxyl groups excluding tert-OH is 1. The van der Waals surface area contributed by atoms with Crippen LogP contribution in [0, 0.1) is 12.7 Å². The third-order valence-corrected chi connectivity index (χ3v) is 4.86. The first-order chi connectivity index (χ1) is 10.9. The van der Waals surface area contributed by atoms with Crippen molar-refractivity contribution < 1.29 is 19.1 Å². The third kappa shape index (κ3) is 2.54. The first kappa shape index (κ1) is 16.0. The fourth-order valence-electron chi connectivity index (χ4n) is 3.42. The summed E-state index contributed by atoms with van der Waals surface area (Å²) in [5.41, 5.74) is 0.971. The van der Waals surface area contributed by atoms with Gasteiger partial charge < -0.3 is 15.3 Å². The molecule has 1 spiro atoms. The number of hydroxylamine groups is 2. The molecule has 0 radical (unpaired) electrons. The van der Waals surface area contributed by atoms with Crippen molar-refractivity contribution >= 4 is 24.8 Å². The molecule has 0 saturated carbocycles. The van der Waals surface area contributed by atoms with E-state index in [2.05, 4.69) is 5.32 Å². The van der Waals surface area contributed by atoms with Crippen LogP contribution in [0.1, 0.15) is 24.0 Å². The Morgan fingerprint density at radius 3 is 2.65 bits per heavy atom. The number of carbonyl (C=O) groups is 1. The molecule has 3 rings (SSSR count). The lowest BCUT2D eigenvalue weighted by Gasteiger charge is -2.37. The highest BCUT2D eigenvalue weighted by molar-refractivity contribution is 6.33. The predicted molar refractivity (Wildman–Crippen MR) is 87.6 cm³/mol. The number of halogens is 1. The van der Waals surface area contributed by atoms with E-state index in [0.717, 1.165) is 0 Å². The molecule has 2 N–H and O–H groups in total. The van der Waals surface area contributed by atoms with Gasteiger partial charge in [-0.05, 0) is 37.0 Å². The zero-order chi connectivity index (χ0) is 16.8. The van der Waals surface area contributed by atoms with E-state index in [0.29, 0.717) is 42.5 Å². The summed E-state index contributed by atoms with van der Waals surface area (Å²) in [6.45, 7) is 2.83. The molecule has 1 amide bonds. The Morgan fingerprint density at radius 2 is 2.04 bits per heavy atom. The quantitative estimate of drug-likeness (QED) is 0.764. The van der Waals surface area contributed by atoms with Gasteiger partial charge >= 0.3 is 0 Å². The minimum atomic E-state index is -0.770. The van der Waals surface area contributed by atoms with Crippen molar-refractivity contribution in [1.82, 2.24) is 10.4 Å². The minimum Gasteiger partial charge on any atom is -0.509 e. The van der Waals surface area contributed by atoms with Crippen molar-refractivity contribution in [3.8, 4) is 0 Å². The molecule has 0 atom stereocenters. The SMILES string of the molecule is Bc1cc(F)c(C)c(C2=C(O)C3(CCN(OC)CC3)NC2=O)c1. The number of rotatable bonds is 2. The molecular formula is C16H20BFN2O3. The van der Waals surface area contributed by atoms with Gasteiger partial charge in [0.25, 0.3) is 5.91 Å². The van der Waals surface area contributed by atoms with Crippen LogP contribution in [0.4, 0.5) is 4.39 Å². The second-order valence-electron chi connectivity index (χ2n) is 6.29. The average molecular weight is 318 g/mol. The number of hydrogen-bond acceptors (Lipinski definition) is 4. The Morgan fingerprint density at radius 1 is 1.39 bits per heavy atom. The average Bonchev–Trinajstić information content (AvgIpc) is 2.75. The molecule has 1 aromatic carbocycles. The Hall–Kier alpha value is -1.86. The van der Waals surface area contributed by atoms with E-state index in [1.165, 1.54) is 6.07 Å². The van der Waals surface area contributed by atoms with E-state index in [1.807, 2.05) is 0 Å². The third-order valence-electron chi connectivity index (χ3n) is 4.86. The molecule has 7 heteroatoms. The first-order valence-corrected chi connectivity index (χ1v) is 7.70. The Labute approximate surface area is 135 Å². The summed E-state index contributed by atoms with van der Waals surface area (Å²) in [5.74, 6) is -0.698. The van der Waals surface area contributed by atoms with Crippen LogP contribution in [0.15, 0.2) is 17.9 Å². The maximum absolute atomic E-state index is 14.0. The van der Waals surface area contributed by atoms with Crippen molar-refractivity contribution in [3.63, 3.8) is 0 Å². The summed E-state index contributed by atoms with van der Waals surface area (Å²) in [5, 5.41) is 15.5. The van der Waals surface area contributed by atoms with Crippen LogP contribution in [-0.4, -0.2) is 49.7 Å². The van der Waals surface area contributed by atoms with E-state index in [1.54, 1.807) is 33.0 Å². The molecule has 0 bridgehead atoms. The maximum Gasteiger partial charge on any atom is 0.256 e. The lowest BCUT2D eigenvalue weighted by molar-refractivity contribution is -0.152. The molecule has 23 heavy (non-hydrogen) atoms. The number of hydrogen-bond donors (Lipinski definition) is 2. The van der Waals surface area contributed by atoms with Gasteiger partial charge in [0.2, 0.25) is 0 Å². The monoisotopic (exact) mass is 318 g/mol. The largest absolute Gasteiger partial charge is 0.509 e. The molecule has 2 aliphatic heterocycles. The van der Waals surface area contributed by atoms with Gasteiger partial charge in [0.05, 0.1) is 12.7 Å². The molecular weight excluding hydrogens is 298 g/mol. The van der Waals surface area contributed by atoms with E-state index in [-0.39, 0.29) is 23.1 Å². The summed E-state index contributed by atoms with van der Waals surface area (Å²) < 4.78 is 14.0. The number of nitrogens with zero attached hydrogens (tertiary/aromatic N) is 1. The molecule has 5 nitrogen and oxygen atoms in total. The highest BCUT2D eigenvalue weighted by atomic mass is 19.1. The summed E-state index contributed by atoms with van der Waals surface area (Å²) >= 11 is 0. The minimum absolute atomic E-state index is 0.0198. The molecule has 0 aromatic heterocycles. The maximum atomic E-state index is 14.0. The summed E-state index contributed by atoms with van der Waals surface area (Å²) in [6.07, 6.45) is 1.10. The Kier molecular flexibility index (Phi) is 3.94. The highest BCUT2D eigenvalue weighted by Gasteiger charge is 2.48. The van der Waals surface area contributed by atoms with Crippen LogP contribution in [0.25, 0.3) is 5.57 Å². The van der Waals surface area contributed by atoms with Crippen molar-refractivity contribution in [2.24, 2.45) is 0 Å². The highest BCUT2D eigenvalue weighted by Crippen LogP contribution is 2.39. The van der Waals surface area contributed by atoms with Gasteiger partial charge in [-0.15, -0.1) is 0 Å².